The fourth-order valence-electron chi connectivity index (χ4n) is 1.95. The molecular weight excluding hydrogens is 266 g/mol. The second-order valence-corrected chi connectivity index (χ2v) is 6.00. The van der Waals surface area contributed by atoms with Crippen molar-refractivity contribution in [2.45, 2.75) is 33.3 Å². The van der Waals surface area contributed by atoms with Gasteiger partial charge in [-0.2, -0.15) is 4.73 Å². The molecule has 0 aliphatic heterocycles. The zero-order chi connectivity index (χ0) is 15.6. The molecule has 0 saturated heterocycles. The van der Waals surface area contributed by atoms with E-state index in [-0.39, 0.29) is 0 Å². The van der Waals surface area contributed by atoms with Gasteiger partial charge in [0.1, 0.15) is 5.60 Å². The van der Waals surface area contributed by atoms with Gasteiger partial charge < -0.3 is 9.94 Å². The number of aromatic nitrogens is 1. The number of pyridine rings is 1. The molecule has 1 heterocycles. The molecule has 4 heteroatoms. The molecular formula is C17H19NO3. The highest BCUT2D eigenvalue weighted by Crippen LogP contribution is 2.19. The van der Waals surface area contributed by atoms with E-state index in [1.54, 1.807) is 30.3 Å². The quantitative estimate of drug-likeness (QED) is 0.483. The predicted octanol–water partition coefficient (Wildman–Crippen LogP) is 3.25. The van der Waals surface area contributed by atoms with Crippen LogP contribution in [0, 0.1) is 12.1 Å². The van der Waals surface area contributed by atoms with Crippen LogP contribution in [0.1, 0.15) is 36.7 Å². The number of aryl methyl sites for hydroxylation is 1. The van der Waals surface area contributed by atoms with Gasteiger partial charge in [-0.15, -0.1) is 0 Å². The highest BCUT2D eigenvalue weighted by molar-refractivity contribution is 5.91. The van der Waals surface area contributed by atoms with Gasteiger partial charge in [0, 0.05) is 17.2 Å². The third-order valence-electron chi connectivity index (χ3n) is 2.86. The lowest BCUT2D eigenvalue weighted by molar-refractivity contribution is -0.594. The normalized spacial score (nSPS) is 11.2. The topological polar surface area (TPSA) is 53.2 Å². The van der Waals surface area contributed by atoms with Crippen molar-refractivity contribution in [1.82, 2.24) is 0 Å². The summed E-state index contributed by atoms with van der Waals surface area (Å²) in [6, 6.07) is 10.5. The maximum atomic E-state index is 12.1. The first-order valence-electron chi connectivity index (χ1n) is 6.80. The summed E-state index contributed by atoms with van der Waals surface area (Å²) in [7, 11) is 0. The summed E-state index contributed by atoms with van der Waals surface area (Å²) in [6.45, 7) is 7.32. The highest BCUT2D eigenvalue weighted by Gasteiger charge is 2.19. The molecule has 0 spiro atoms. The Labute approximate surface area is 124 Å². The van der Waals surface area contributed by atoms with E-state index in [0.717, 1.165) is 10.3 Å². The summed E-state index contributed by atoms with van der Waals surface area (Å²) in [5.74, 6) is -0.395. The van der Waals surface area contributed by atoms with Crippen LogP contribution < -0.4 is 4.73 Å². The minimum atomic E-state index is -0.546. The second-order valence-electron chi connectivity index (χ2n) is 6.00. The molecule has 0 aliphatic carbocycles. The van der Waals surface area contributed by atoms with Gasteiger partial charge >= 0.3 is 5.97 Å². The maximum absolute atomic E-state index is 12.1. The number of carbonyl (C=O) groups excluding carboxylic acids is 1. The molecule has 0 bridgehead atoms. The Balaban J connectivity index is 2.36. The molecule has 0 radical (unpaired) electrons. The third kappa shape index (κ3) is 3.81. The lowest BCUT2D eigenvalue weighted by Gasteiger charge is -2.19. The van der Waals surface area contributed by atoms with Crippen molar-refractivity contribution in [2.75, 3.05) is 0 Å². The number of benzene rings is 1. The van der Waals surface area contributed by atoms with Crippen molar-refractivity contribution in [3.8, 4) is 11.3 Å². The summed E-state index contributed by atoms with van der Waals surface area (Å²) >= 11 is 0. The van der Waals surface area contributed by atoms with Crippen LogP contribution in [0.5, 0.6) is 0 Å². The van der Waals surface area contributed by atoms with Crippen LogP contribution in [0.2, 0.25) is 0 Å². The molecule has 1 aromatic carbocycles. The molecule has 110 valence electrons. The Hall–Kier alpha value is -2.36. The van der Waals surface area contributed by atoms with Crippen LogP contribution in [-0.4, -0.2) is 11.6 Å². The molecule has 0 atom stereocenters. The average molecular weight is 285 g/mol. The monoisotopic (exact) mass is 285 g/mol. The zero-order valence-electron chi connectivity index (χ0n) is 12.7. The third-order valence-corrected chi connectivity index (χ3v) is 2.86. The average Bonchev–Trinajstić information content (AvgIpc) is 2.37. The van der Waals surface area contributed by atoms with E-state index in [1.165, 1.54) is 6.20 Å². The van der Waals surface area contributed by atoms with E-state index >= 15 is 0 Å². The molecule has 21 heavy (non-hydrogen) atoms. The van der Waals surface area contributed by atoms with E-state index in [0.29, 0.717) is 16.8 Å². The largest absolute Gasteiger partial charge is 0.618 e. The first-order valence-corrected chi connectivity index (χ1v) is 6.80. The van der Waals surface area contributed by atoms with Crippen LogP contribution in [0.3, 0.4) is 0 Å². The number of carbonyl (C=O) groups is 1. The summed E-state index contributed by atoms with van der Waals surface area (Å²) < 4.78 is 6.15. The van der Waals surface area contributed by atoms with E-state index in [1.807, 2.05) is 33.8 Å². The zero-order valence-corrected chi connectivity index (χ0v) is 12.7. The van der Waals surface area contributed by atoms with Gasteiger partial charge in [-0.3, -0.25) is 0 Å². The molecule has 0 aliphatic rings. The van der Waals surface area contributed by atoms with Gasteiger partial charge in [-0.1, -0.05) is 6.07 Å². The van der Waals surface area contributed by atoms with Gasteiger partial charge in [0.2, 0.25) is 5.69 Å². The fourth-order valence-corrected chi connectivity index (χ4v) is 1.95. The van der Waals surface area contributed by atoms with Gasteiger partial charge in [0.25, 0.3) is 0 Å². The Kier molecular flexibility index (Phi) is 3.98. The number of hydrogen-bond acceptors (Lipinski definition) is 3. The fraction of sp³-hybridized carbons (Fsp3) is 0.294. The second kappa shape index (κ2) is 5.56. The van der Waals surface area contributed by atoms with Crippen LogP contribution >= 0.6 is 0 Å². The number of nitrogens with zero attached hydrogens (tertiary/aromatic N) is 1. The van der Waals surface area contributed by atoms with E-state index in [2.05, 4.69) is 0 Å². The first-order chi connectivity index (χ1) is 9.76. The van der Waals surface area contributed by atoms with Gasteiger partial charge in [-0.05, 0) is 52.0 Å². The van der Waals surface area contributed by atoms with Crippen molar-refractivity contribution in [1.29, 1.82) is 0 Å². The molecule has 0 N–H and O–H groups in total. The van der Waals surface area contributed by atoms with Gasteiger partial charge in [0.15, 0.2) is 6.20 Å². The van der Waals surface area contributed by atoms with Crippen LogP contribution in [0.25, 0.3) is 11.3 Å². The molecule has 0 saturated carbocycles. The minimum absolute atomic E-state index is 0.395. The summed E-state index contributed by atoms with van der Waals surface area (Å²) in [4.78, 5) is 12.1. The highest BCUT2D eigenvalue weighted by atomic mass is 16.6. The summed E-state index contributed by atoms with van der Waals surface area (Å²) in [5.41, 5.74) is 1.97. The Morgan fingerprint density at radius 2 is 1.90 bits per heavy atom. The standard InChI is InChI=1S/C17H19NO3/c1-12-8-9-15(18(20)11-12)13-6-5-7-14(10-13)16(19)21-17(2,3)4/h5-11H,1-4H3. The lowest BCUT2D eigenvalue weighted by atomic mass is 10.1. The molecule has 0 amide bonds. The molecule has 1 aromatic heterocycles. The van der Waals surface area contributed by atoms with E-state index < -0.39 is 11.6 Å². The number of esters is 1. The smallest absolute Gasteiger partial charge is 0.338 e. The number of rotatable bonds is 2. The SMILES string of the molecule is Cc1ccc(-c2cccc(C(=O)OC(C)(C)C)c2)[n+]([O-])c1. The lowest BCUT2D eigenvalue weighted by Crippen LogP contribution is -2.29. The van der Waals surface area contributed by atoms with Crippen molar-refractivity contribution in [3.05, 3.63) is 58.9 Å². The van der Waals surface area contributed by atoms with Crippen molar-refractivity contribution in [2.24, 2.45) is 0 Å². The Morgan fingerprint density at radius 3 is 2.52 bits per heavy atom. The Morgan fingerprint density at radius 1 is 1.19 bits per heavy atom. The molecule has 4 nitrogen and oxygen atoms in total. The molecule has 2 rings (SSSR count). The van der Waals surface area contributed by atoms with Crippen LogP contribution in [0.4, 0.5) is 0 Å². The predicted molar refractivity (Wildman–Crippen MR) is 80.7 cm³/mol. The van der Waals surface area contributed by atoms with Crippen LogP contribution in [-0.2, 0) is 4.74 Å². The summed E-state index contributed by atoms with van der Waals surface area (Å²) in [6.07, 6.45) is 1.51. The molecule has 0 fully saturated rings. The number of ether oxygens (including phenoxy) is 1. The van der Waals surface area contributed by atoms with Gasteiger partial charge in [-0.25, -0.2) is 4.79 Å². The van der Waals surface area contributed by atoms with Crippen LogP contribution in [0.15, 0.2) is 42.6 Å². The maximum Gasteiger partial charge on any atom is 0.338 e. The van der Waals surface area contributed by atoms with Crippen molar-refractivity contribution in [3.63, 3.8) is 0 Å². The number of hydrogen-bond donors (Lipinski definition) is 0. The minimum Gasteiger partial charge on any atom is -0.618 e. The molecule has 0 unspecified atom stereocenters. The van der Waals surface area contributed by atoms with Gasteiger partial charge in [0.05, 0.1) is 5.56 Å². The van der Waals surface area contributed by atoms with Crippen molar-refractivity contribution < 1.29 is 14.3 Å². The Bertz CT molecular complexity index is 672. The molecule has 2 aromatic rings. The summed E-state index contributed by atoms with van der Waals surface area (Å²) in [5, 5.41) is 12.0. The first kappa shape index (κ1) is 15.0. The van der Waals surface area contributed by atoms with E-state index in [9.17, 15) is 10.0 Å². The van der Waals surface area contributed by atoms with E-state index in [4.69, 9.17) is 4.74 Å². The van der Waals surface area contributed by atoms with Crippen molar-refractivity contribution >= 4 is 5.97 Å².